The van der Waals surface area contributed by atoms with Crippen LogP contribution in [-0.2, 0) is 0 Å². The third-order valence-electron chi connectivity index (χ3n) is 4.17. The number of amides is 1. The SMILES string of the molecule is COc1cc(-c2nc3ccccc3c(=O)o2)ccc1OC(=O)Nc1ccccc1. The second-order valence-corrected chi connectivity index (χ2v) is 6.07. The van der Waals surface area contributed by atoms with Crippen LogP contribution in [-0.4, -0.2) is 18.2 Å². The number of carbonyl (C=O) groups excluding carboxylic acids is 1. The van der Waals surface area contributed by atoms with Gasteiger partial charge >= 0.3 is 11.7 Å². The first-order valence-corrected chi connectivity index (χ1v) is 8.76. The summed E-state index contributed by atoms with van der Waals surface area (Å²) in [5.74, 6) is 0.656. The summed E-state index contributed by atoms with van der Waals surface area (Å²) in [6, 6.07) is 20.6. The molecule has 0 atom stereocenters. The molecule has 0 spiro atoms. The zero-order valence-corrected chi connectivity index (χ0v) is 15.4. The van der Waals surface area contributed by atoms with Crippen molar-refractivity contribution in [2.75, 3.05) is 12.4 Å². The van der Waals surface area contributed by atoms with E-state index in [0.717, 1.165) is 0 Å². The van der Waals surface area contributed by atoms with Crippen molar-refractivity contribution >= 4 is 22.7 Å². The molecule has 0 aliphatic carbocycles. The minimum absolute atomic E-state index is 0.146. The van der Waals surface area contributed by atoms with Crippen LogP contribution < -0.4 is 20.4 Å². The van der Waals surface area contributed by atoms with Gasteiger partial charge in [0, 0.05) is 11.3 Å². The van der Waals surface area contributed by atoms with Gasteiger partial charge in [0.05, 0.1) is 18.0 Å². The molecule has 1 amide bonds. The van der Waals surface area contributed by atoms with E-state index >= 15 is 0 Å². The maximum absolute atomic E-state index is 12.2. The Labute approximate surface area is 165 Å². The van der Waals surface area contributed by atoms with E-state index in [1.165, 1.54) is 7.11 Å². The number of nitrogens with one attached hydrogen (secondary N) is 1. The normalized spacial score (nSPS) is 10.5. The van der Waals surface area contributed by atoms with Gasteiger partial charge in [-0.15, -0.1) is 0 Å². The molecular weight excluding hydrogens is 372 g/mol. The Hall–Kier alpha value is -4.13. The summed E-state index contributed by atoms with van der Waals surface area (Å²) in [5.41, 5.74) is 1.17. The summed E-state index contributed by atoms with van der Waals surface area (Å²) in [4.78, 5) is 28.7. The van der Waals surface area contributed by atoms with E-state index in [2.05, 4.69) is 10.3 Å². The second-order valence-electron chi connectivity index (χ2n) is 6.07. The lowest BCUT2D eigenvalue weighted by Crippen LogP contribution is -2.17. The van der Waals surface area contributed by atoms with Gasteiger partial charge in [0.25, 0.3) is 0 Å². The van der Waals surface area contributed by atoms with Gasteiger partial charge in [-0.05, 0) is 42.5 Å². The standard InChI is InChI=1S/C22H16N2O5/c1-27-19-13-14(20-24-17-10-6-5-9-16(17)21(25)29-20)11-12-18(19)28-22(26)23-15-7-3-2-4-8-15/h2-13H,1H3,(H,23,26). The molecule has 0 fully saturated rings. The van der Waals surface area contributed by atoms with E-state index in [-0.39, 0.29) is 11.6 Å². The van der Waals surface area contributed by atoms with Gasteiger partial charge < -0.3 is 13.9 Å². The summed E-state index contributed by atoms with van der Waals surface area (Å²) in [5, 5.41) is 3.03. The zero-order chi connectivity index (χ0) is 20.2. The van der Waals surface area contributed by atoms with Crippen LogP contribution >= 0.6 is 0 Å². The van der Waals surface area contributed by atoms with Crippen LogP contribution in [0.15, 0.2) is 82.0 Å². The maximum Gasteiger partial charge on any atom is 0.417 e. The molecule has 7 heteroatoms. The fraction of sp³-hybridized carbons (Fsp3) is 0.0455. The number of hydrogen-bond acceptors (Lipinski definition) is 6. The Morgan fingerprint density at radius 1 is 0.966 bits per heavy atom. The van der Waals surface area contributed by atoms with Crippen molar-refractivity contribution in [3.05, 3.63) is 83.2 Å². The maximum atomic E-state index is 12.2. The zero-order valence-electron chi connectivity index (χ0n) is 15.4. The molecule has 0 saturated heterocycles. The summed E-state index contributed by atoms with van der Waals surface area (Å²) >= 11 is 0. The van der Waals surface area contributed by atoms with Gasteiger partial charge in [-0.25, -0.2) is 14.6 Å². The predicted molar refractivity (Wildman–Crippen MR) is 108 cm³/mol. The number of anilines is 1. The quantitative estimate of drug-likeness (QED) is 0.554. The average Bonchev–Trinajstić information content (AvgIpc) is 2.74. The second kappa shape index (κ2) is 7.85. The molecule has 4 aromatic rings. The van der Waals surface area contributed by atoms with Crippen LogP contribution in [0.5, 0.6) is 11.5 Å². The summed E-state index contributed by atoms with van der Waals surface area (Å²) in [6.07, 6.45) is -0.655. The Kier molecular flexibility index (Phi) is 4.94. The molecule has 1 aromatic heterocycles. The number of ether oxygens (including phenoxy) is 2. The molecule has 1 heterocycles. The monoisotopic (exact) mass is 388 g/mol. The highest BCUT2D eigenvalue weighted by Crippen LogP contribution is 2.32. The predicted octanol–water partition coefficient (Wildman–Crippen LogP) is 4.47. The van der Waals surface area contributed by atoms with Crippen LogP contribution in [0.3, 0.4) is 0 Å². The van der Waals surface area contributed by atoms with Crippen molar-refractivity contribution in [2.45, 2.75) is 0 Å². The number of hydrogen-bond donors (Lipinski definition) is 1. The van der Waals surface area contributed by atoms with Crippen molar-refractivity contribution in [3.8, 4) is 23.0 Å². The molecule has 0 saturated carbocycles. The Morgan fingerprint density at radius 3 is 2.52 bits per heavy atom. The first kappa shape index (κ1) is 18.2. The number of carbonyl (C=O) groups is 1. The van der Waals surface area contributed by atoms with Crippen molar-refractivity contribution in [3.63, 3.8) is 0 Å². The highest BCUT2D eigenvalue weighted by molar-refractivity contribution is 5.86. The Balaban J connectivity index is 1.61. The molecular formula is C22H16N2O5. The van der Waals surface area contributed by atoms with Crippen LogP contribution in [0.4, 0.5) is 10.5 Å². The van der Waals surface area contributed by atoms with Crippen molar-refractivity contribution in [1.29, 1.82) is 0 Å². The van der Waals surface area contributed by atoms with Gasteiger partial charge in [-0.2, -0.15) is 0 Å². The van der Waals surface area contributed by atoms with E-state index < -0.39 is 11.7 Å². The molecule has 29 heavy (non-hydrogen) atoms. The van der Waals surface area contributed by atoms with Crippen LogP contribution in [0, 0.1) is 0 Å². The first-order valence-electron chi connectivity index (χ1n) is 8.76. The van der Waals surface area contributed by atoms with Crippen LogP contribution in [0.1, 0.15) is 0 Å². The largest absolute Gasteiger partial charge is 0.493 e. The fourth-order valence-corrected chi connectivity index (χ4v) is 2.79. The molecule has 3 aromatic carbocycles. The molecule has 0 unspecified atom stereocenters. The molecule has 1 N–H and O–H groups in total. The van der Waals surface area contributed by atoms with Gasteiger partial charge in [0.1, 0.15) is 0 Å². The topological polar surface area (TPSA) is 90.7 Å². The summed E-state index contributed by atoms with van der Waals surface area (Å²) in [7, 11) is 1.45. The Bertz CT molecular complexity index is 1230. The molecule has 0 radical (unpaired) electrons. The lowest BCUT2D eigenvalue weighted by molar-refractivity contribution is 0.213. The van der Waals surface area contributed by atoms with E-state index in [1.807, 2.05) is 6.07 Å². The number of aromatic nitrogens is 1. The van der Waals surface area contributed by atoms with Gasteiger partial charge in [-0.3, -0.25) is 5.32 Å². The third-order valence-corrected chi connectivity index (χ3v) is 4.17. The van der Waals surface area contributed by atoms with Gasteiger partial charge in [-0.1, -0.05) is 30.3 Å². The number of para-hydroxylation sites is 2. The molecule has 0 aliphatic rings. The summed E-state index contributed by atoms with van der Waals surface area (Å²) in [6.45, 7) is 0. The Morgan fingerprint density at radius 2 is 1.72 bits per heavy atom. The van der Waals surface area contributed by atoms with Gasteiger partial charge in [0.2, 0.25) is 5.89 Å². The van der Waals surface area contributed by atoms with Crippen LogP contribution in [0.2, 0.25) is 0 Å². The number of fused-ring (bicyclic) bond motifs is 1. The number of rotatable bonds is 4. The van der Waals surface area contributed by atoms with E-state index in [9.17, 15) is 9.59 Å². The highest BCUT2D eigenvalue weighted by Gasteiger charge is 2.14. The number of methoxy groups -OCH3 is 1. The van der Waals surface area contributed by atoms with Crippen molar-refractivity contribution in [1.82, 2.24) is 4.98 Å². The van der Waals surface area contributed by atoms with E-state index in [1.54, 1.807) is 66.7 Å². The fourth-order valence-electron chi connectivity index (χ4n) is 2.79. The molecule has 0 bridgehead atoms. The average molecular weight is 388 g/mol. The number of nitrogens with zero attached hydrogens (tertiary/aromatic N) is 1. The minimum Gasteiger partial charge on any atom is -0.493 e. The van der Waals surface area contributed by atoms with Crippen molar-refractivity contribution < 1.29 is 18.7 Å². The lowest BCUT2D eigenvalue weighted by atomic mass is 10.2. The van der Waals surface area contributed by atoms with E-state index in [0.29, 0.717) is 27.9 Å². The number of benzene rings is 3. The highest BCUT2D eigenvalue weighted by atomic mass is 16.6. The smallest absolute Gasteiger partial charge is 0.417 e. The minimum atomic E-state index is -0.655. The van der Waals surface area contributed by atoms with Gasteiger partial charge in [0.15, 0.2) is 11.5 Å². The molecule has 4 rings (SSSR count). The molecule has 0 aliphatic heterocycles. The first-order chi connectivity index (χ1) is 14.1. The summed E-state index contributed by atoms with van der Waals surface area (Å²) < 4.78 is 16.0. The molecule has 7 nitrogen and oxygen atoms in total. The van der Waals surface area contributed by atoms with E-state index in [4.69, 9.17) is 13.9 Å². The third kappa shape index (κ3) is 3.93. The molecule has 144 valence electrons. The van der Waals surface area contributed by atoms with Crippen LogP contribution in [0.25, 0.3) is 22.4 Å². The van der Waals surface area contributed by atoms with Crippen molar-refractivity contribution in [2.24, 2.45) is 0 Å². The lowest BCUT2D eigenvalue weighted by Gasteiger charge is -2.11.